The summed E-state index contributed by atoms with van der Waals surface area (Å²) in [6.07, 6.45) is 4.52. The summed E-state index contributed by atoms with van der Waals surface area (Å²) in [5, 5.41) is 6.83. The van der Waals surface area contributed by atoms with Crippen LogP contribution in [-0.2, 0) is 4.74 Å². The monoisotopic (exact) mass is 278 g/mol. The molecule has 1 heterocycles. The number of rotatable bonds is 9. The second-order valence-corrected chi connectivity index (χ2v) is 5.38. The summed E-state index contributed by atoms with van der Waals surface area (Å²) < 4.78 is 5.07. The fourth-order valence-electron chi connectivity index (χ4n) is 2.07. The number of nitrogens with zero attached hydrogens (tertiary/aromatic N) is 2. The zero-order valence-corrected chi connectivity index (χ0v) is 12.8. The van der Waals surface area contributed by atoms with E-state index in [-0.39, 0.29) is 0 Å². The molecule has 2 rings (SSSR count). The van der Waals surface area contributed by atoms with E-state index in [1.54, 1.807) is 7.11 Å². The highest BCUT2D eigenvalue weighted by molar-refractivity contribution is 5.57. The van der Waals surface area contributed by atoms with Crippen LogP contribution in [0.25, 0.3) is 0 Å². The largest absolute Gasteiger partial charge is 0.385 e. The molecule has 2 N–H and O–H groups in total. The molecule has 0 spiro atoms. The Labute approximate surface area is 121 Å². The van der Waals surface area contributed by atoms with Crippen LogP contribution in [0.3, 0.4) is 0 Å². The van der Waals surface area contributed by atoms with Crippen molar-refractivity contribution in [2.75, 3.05) is 37.4 Å². The molecular weight excluding hydrogens is 252 g/mol. The summed E-state index contributed by atoms with van der Waals surface area (Å²) in [7, 11) is 1.73. The van der Waals surface area contributed by atoms with Crippen LogP contribution in [0.5, 0.6) is 0 Å². The molecule has 0 aliphatic heterocycles. The SMILES string of the molecule is CCCNc1nc(C2CC2)nc(NCCCOC)c1C. The number of aromatic nitrogens is 2. The van der Waals surface area contributed by atoms with E-state index in [1.807, 2.05) is 0 Å². The minimum Gasteiger partial charge on any atom is -0.385 e. The van der Waals surface area contributed by atoms with Crippen LogP contribution in [0.1, 0.15) is 49.9 Å². The van der Waals surface area contributed by atoms with Crippen molar-refractivity contribution >= 4 is 11.6 Å². The first kappa shape index (κ1) is 15.0. The molecule has 0 saturated heterocycles. The highest BCUT2D eigenvalue weighted by atomic mass is 16.5. The average molecular weight is 278 g/mol. The minimum absolute atomic E-state index is 0.567. The molecule has 1 saturated carbocycles. The van der Waals surface area contributed by atoms with Gasteiger partial charge < -0.3 is 15.4 Å². The van der Waals surface area contributed by atoms with Crippen molar-refractivity contribution < 1.29 is 4.74 Å². The molecule has 112 valence electrons. The van der Waals surface area contributed by atoms with Crippen LogP contribution in [-0.4, -0.2) is 36.8 Å². The maximum absolute atomic E-state index is 5.07. The first-order valence-electron chi connectivity index (χ1n) is 7.61. The highest BCUT2D eigenvalue weighted by Gasteiger charge is 2.28. The van der Waals surface area contributed by atoms with Crippen molar-refractivity contribution in [2.24, 2.45) is 0 Å². The molecule has 5 nitrogen and oxygen atoms in total. The van der Waals surface area contributed by atoms with Crippen LogP contribution in [0.2, 0.25) is 0 Å². The van der Waals surface area contributed by atoms with Gasteiger partial charge in [0.05, 0.1) is 0 Å². The predicted octanol–water partition coefficient (Wildman–Crippen LogP) is 2.93. The zero-order valence-electron chi connectivity index (χ0n) is 12.8. The lowest BCUT2D eigenvalue weighted by Gasteiger charge is -2.15. The lowest BCUT2D eigenvalue weighted by molar-refractivity contribution is 0.197. The Morgan fingerprint density at radius 3 is 2.35 bits per heavy atom. The molecule has 0 aromatic carbocycles. The van der Waals surface area contributed by atoms with Gasteiger partial charge in [0, 0.05) is 38.3 Å². The third-order valence-corrected chi connectivity index (χ3v) is 3.47. The number of anilines is 2. The predicted molar refractivity (Wildman–Crippen MR) is 82.5 cm³/mol. The number of nitrogens with one attached hydrogen (secondary N) is 2. The van der Waals surface area contributed by atoms with E-state index in [9.17, 15) is 0 Å². The fourth-order valence-corrected chi connectivity index (χ4v) is 2.07. The molecule has 1 aliphatic rings. The van der Waals surface area contributed by atoms with Crippen LogP contribution in [0.4, 0.5) is 11.6 Å². The van der Waals surface area contributed by atoms with E-state index >= 15 is 0 Å². The Bertz CT molecular complexity index is 432. The highest BCUT2D eigenvalue weighted by Crippen LogP contribution is 2.39. The van der Waals surface area contributed by atoms with E-state index in [4.69, 9.17) is 9.72 Å². The Morgan fingerprint density at radius 2 is 1.80 bits per heavy atom. The lowest BCUT2D eigenvalue weighted by Crippen LogP contribution is -2.13. The fraction of sp³-hybridized carbons (Fsp3) is 0.733. The molecule has 1 aliphatic carbocycles. The summed E-state index contributed by atoms with van der Waals surface area (Å²) in [5.74, 6) is 3.51. The van der Waals surface area contributed by atoms with E-state index in [0.29, 0.717) is 5.92 Å². The molecule has 0 radical (unpaired) electrons. The van der Waals surface area contributed by atoms with Gasteiger partial charge in [-0.15, -0.1) is 0 Å². The molecule has 1 aromatic rings. The second-order valence-electron chi connectivity index (χ2n) is 5.38. The maximum atomic E-state index is 5.07. The zero-order chi connectivity index (χ0) is 14.4. The first-order valence-corrected chi connectivity index (χ1v) is 7.61. The van der Waals surface area contributed by atoms with Gasteiger partial charge >= 0.3 is 0 Å². The Kier molecular flexibility index (Phi) is 5.59. The smallest absolute Gasteiger partial charge is 0.136 e. The molecule has 0 atom stereocenters. The molecule has 1 aromatic heterocycles. The maximum Gasteiger partial charge on any atom is 0.136 e. The third kappa shape index (κ3) is 4.07. The topological polar surface area (TPSA) is 59.1 Å². The Balaban J connectivity index is 2.08. The van der Waals surface area contributed by atoms with E-state index in [2.05, 4.69) is 29.5 Å². The van der Waals surface area contributed by atoms with E-state index in [1.165, 1.54) is 12.8 Å². The Hall–Kier alpha value is -1.36. The van der Waals surface area contributed by atoms with Gasteiger partial charge in [0.15, 0.2) is 0 Å². The van der Waals surface area contributed by atoms with Crippen LogP contribution < -0.4 is 10.6 Å². The normalized spacial score (nSPS) is 14.3. The first-order chi connectivity index (χ1) is 9.76. The summed E-state index contributed by atoms with van der Waals surface area (Å²) in [6, 6.07) is 0. The summed E-state index contributed by atoms with van der Waals surface area (Å²) in [5.41, 5.74) is 1.11. The molecule has 0 unspecified atom stereocenters. The van der Waals surface area contributed by atoms with Crippen molar-refractivity contribution in [2.45, 2.75) is 45.4 Å². The van der Waals surface area contributed by atoms with Crippen molar-refractivity contribution in [1.29, 1.82) is 0 Å². The van der Waals surface area contributed by atoms with Gasteiger partial charge in [0.25, 0.3) is 0 Å². The van der Waals surface area contributed by atoms with Crippen LogP contribution in [0, 0.1) is 6.92 Å². The third-order valence-electron chi connectivity index (χ3n) is 3.47. The van der Waals surface area contributed by atoms with Crippen molar-refractivity contribution in [3.8, 4) is 0 Å². The second kappa shape index (κ2) is 7.43. The number of methoxy groups -OCH3 is 1. The van der Waals surface area contributed by atoms with Crippen molar-refractivity contribution in [3.63, 3.8) is 0 Å². The lowest BCUT2D eigenvalue weighted by atomic mass is 10.2. The van der Waals surface area contributed by atoms with E-state index < -0.39 is 0 Å². The van der Waals surface area contributed by atoms with Crippen LogP contribution in [0.15, 0.2) is 0 Å². The quantitative estimate of drug-likeness (QED) is 0.680. The van der Waals surface area contributed by atoms with Gasteiger partial charge in [-0.1, -0.05) is 6.92 Å². The van der Waals surface area contributed by atoms with Crippen LogP contribution >= 0.6 is 0 Å². The number of hydrogen-bond acceptors (Lipinski definition) is 5. The summed E-state index contributed by atoms with van der Waals surface area (Å²) in [6.45, 7) is 6.84. The van der Waals surface area contributed by atoms with Crippen molar-refractivity contribution in [1.82, 2.24) is 9.97 Å². The van der Waals surface area contributed by atoms with Gasteiger partial charge in [0.2, 0.25) is 0 Å². The van der Waals surface area contributed by atoms with Gasteiger partial charge in [-0.05, 0) is 32.6 Å². The molecule has 0 bridgehead atoms. The van der Waals surface area contributed by atoms with Gasteiger partial charge in [-0.2, -0.15) is 0 Å². The van der Waals surface area contributed by atoms with Gasteiger partial charge in [-0.3, -0.25) is 0 Å². The van der Waals surface area contributed by atoms with Gasteiger partial charge in [-0.25, -0.2) is 9.97 Å². The average Bonchev–Trinajstić information content (AvgIpc) is 3.28. The molecule has 5 heteroatoms. The molecule has 0 amide bonds. The molecule has 20 heavy (non-hydrogen) atoms. The number of ether oxygens (including phenoxy) is 1. The minimum atomic E-state index is 0.567. The van der Waals surface area contributed by atoms with E-state index in [0.717, 1.165) is 55.6 Å². The van der Waals surface area contributed by atoms with Crippen molar-refractivity contribution in [3.05, 3.63) is 11.4 Å². The standard InChI is InChI=1S/C15H26N4O/c1-4-8-16-13-11(2)14(17-9-5-10-20-3)19-15(18-13)12-6-7-12/h12H,4-10H2,1-3H3,(H2,16,17,18,19). The summed E-state index contributed by atoms with van der Waals surface area (Å²) in [4.78, 5) is 9.39. The number of hydrogen-bond donors (Lipinski definition) is 2. The molecule has 1 fully saturated rings. The Morgan fingerprint density at radius 1 is 1.15 bits per heavy atom. The summed E-state index contributed by atoms with van der Waals surface area (Å²) >= 11 is 0. The molecular formula is C15H26N4O. The van der Waals surface area contributed by atoms with Gasteiger partial charge in [0.1, 0.15) is 17.5 Å².